The minimum absolute atomic E-state index is 0.150. The lowest BCUT2D eigenvalue weighted by Gasteiger charge is -2.31. The van der Waals surface area contributed by atoms with Crippen molar-refractivity contribution in [1.82, 2.24) is 4.90 Å². The zero-order valence-corrected chi connectivity index (χ0v) is 9.90. The molecule has 0 aromatic heterocycles. The second kappa shape index (κ2) is 4.02. The molecule has 2 bridgehead atoms. The van der Waals surface area contributed by atoms with Crippen molar-refractivity contribution in [2.24, 2.45) is 5.92 Å². The molecular formula is C13H16ClNO. The molecule has 0 saturated carbocycles. The molecule has 0 radical (unpaired) electrons. The molecule has 86 valence electrons. The number of piperidine rings is 1. The van der Waals surface area contributed by atoms with Gasteiger partial charge in [-0.3, -0.25) is 0 Å². The minimum atomic E-state index is -0.150. The molecule has 16 heavy (non-hydrogen) atoms. The first-order valence-corrected chi connectivity index (χ1v) is 6.28. The van der Waals surface area contributed by atoms with Crippen molar-refractivity contribution in [2.75, 3.05) is 19.6 Å². The average molecular weight is 238 g/mol. The predicted octanol–water partition coefficient (Wildman–Crippen LogP) is 2.12. The summed E-state index contributed by atoms with van der Waals surface area (Å²) in [5.74, 6) is 0.918. The van der Waals surface area contributed by atoms with E-state index in [9.17, 15) is 5.11 Å². The maximum absolute atomic E-state index is 10.0. The normalized spacial score (nSPS) is 37.6. The van der Waals surface area contributed by atoms with E-state index in [0.717, 1.165) is 31.1 Å². The van der Waals surface area contributed by atoms with Gasteiger partial charge in [0.05, 0.1) is 6.10 Å². The third-order valence-corrected chi connectivity index (χ3v) is 4.23. The summed E-state index contributed by atoms with van der Waals surface area (Å²) in [7, 11) is 0. The van der Waals surface area contributed by atoms with Crippen LogP contribution in [0, 0.1) is 5.92 Å². The smallest absolute Gasteiger partial charge is 0.0713 e. The van der Waals surface area contributed by atoms with E-state index < -0.39 is 0 Å². The Hall–Kier alpha value is -0.570. The molecule has 1 aromatic rings. The van der Waals surface area contributed by atoms with Crippen LogP contribution in [0.15, 0.2) is 24.3 Å². The fraction of sp³-hybridized carbons (Fsp3) is 0.538. The highest BCUT2D eigenvalue weighted by Gasteiger charge is 2.40. The van der Waals surface area contributed by atoms with E-state index in [-0.39, 0.29) is 6.10 Å². The van der Waals surface area contributed by atoms with E-state index >= 15 is 0 Å². The summed E-state index contributed by atoms with van der Waals surface area (Å²) >= 11 is 5.90. The number of nitrogens with zero attached hydrogens (tertiary/aromatic N) is 1. The van der Waals surface area contributed by atoms with Crippen LogP contribution in [0.3, 0.4) is 0 Å². The lowest BCUT2D eigenvalue weighted by molar-refractivity contribution is 0.133. The van der Waals surface area contributed by atoms with Crippen molar-refractivity contribution in [3.63, 3.8) is 0 Å². The molecule has 2 nitrogen and oxygen atoms in total. The summed E-state index contributed by atoms with van der Waals surface area (Å²) in [5.41, 5.74) is 1.33. The molecule has 3 rings (SSSR count). The Balaban J connectivity index is 1.86. The Kier molecular flexibility index (Phi) is 2.66. The van der Waals surface area contributed by atoms with Gasteiger partial charge in [-0.2, -0.15) is 0 Å². The van der Waals surface area contributed by atoms with E-state index in [1.807, 2.05) is 12.1 Å². The number of aliphatic hydroxyl groups is 1. The Bertz CT molecular complexity index is 378. The van der Waals surface area contributed by atoms with Crippen LogP contribution in [0.2, 0.25) is 5.02 Å². The van der Waals surface area contributed by atoms with Crippen LogP contribution in [-0.2, 0) is 0 Å². The zero-order valence-electron chi connectivity index (χ0n) is 9.14. The van der Waals surface area contributed by atoms with Gasteiger partial charge in [-0.15, -0.1) is 0 Å². The molecule has 2 unspecified atom stereocenters. The first-order chi connectivity index (χ1) is 7.74. The summed E-state index contributed by atoms with van der Waals surface area (Å²) in [5, 5.41) is 10.8. The highest BCUT2D eigenvalue weighted by molar-refractivity contribution is 6.30. The van der Waals surface area contributed by atoms with Crippen LogP contribution in [0.1, 0.15) is 17.9 Å². The molecule has 3 heteroatoms. The molecular weight excluding hydrogens is 222 g/mol. The summed E-state index contributed by atoms with van der Waals surface area (Å²) < 4.78 is 0. The van der Waals surface area contributed by atoms with Gasteiger partial charge in [0.15, 0.2) is 0 Å². The lowest BCUT2D eigenvalue weighted by atomic mass is 9.81. The Morgan fingerprint density at radius 1 is 1.19 bits per heavy atom. The molecule has 2 fully saturated rings. The maximum atomic E-state index is 10.0. The number of fused-ring (bicyclic) bond motifs is 2. The first kappa shape index (κ1) is 10.6. The lowest BCUT2D eigenvalue weighted by Crippen LogP contribution is -2.31. The number of rotatable bonds is 1. The van der Waals surface area contributed by atoms with Gasteiger partial charge in [0.25, 0.3) is 0 Å². The van der Waals surface area contributed by atoms with Gasteiger partial charge in [0.1, 0.15) is 0 Å². The van der Waals surface area contributed by atoms with Crippen LogP contribution in [0.5, 0.6) is 0 Å². The SMILES string of the molecule is O[C@H]1CN2CC[C@@H](c3ccc(Cl)cc3)C1C2. The number of benzene rings is 1. The molecule has 0 spiro atoms. The predicted molar refractivity (Wildman–Crippen MR) is 64.7 cm³/mol. The van der Waals surface area contributed by atoms with E-state index in [1.165, 1.54) is 5.56 Å². The van der Waals surface area contributed by atoms with Crippen LogP contribution in [-0.4, -0.2) is 35.7 Å². The minimum Gasteiger partial charge on any atom is -0.391 e. The fourth-order valence-electron chi connectivity index (χ4n) is 3.13. The molecule has 0 aliphatic carbocycles. The third-order valence-electron chi connectivity index (χ3n) is 3.98. The monoisotopic (exact) mass is 237 g/mol. The highest BCUT2D eigenvalue weighted by Crippen LogP contribution is 2.39. The highest BCUT2D eigenvalue weighted by atomic mass is 35.5. The van der Waals surface area contributed by atoms with E-state index in [1.54, 1.807) is 0 Å². The molecule has 2 saturated heterocycles. The van der Waals surface area contributed by atoms with Gasteiger partial charge in [-0.05, 0) is 36.6 Å². The Morgan fingerprint density at radius 2 is 1.94 bits per heavy atom. The number of hydrogen-bond acceptors (Lipinski definition) is 2. The van der Waals surface area contributed by atoms with Crippen molar-refractivity contribution in [3.8, 4) is 0 Å². The standard InChI is InChI=1S/C13H16ClNO/c14-10-3-1-9(2-4-10)11-5-6-15-7-12(11)13(16)8-15/h1-4,11-13,16H,5-8H2/t11-,12?,13-/m0/s1. The van der Waals surface area contributed by atoms with Crippen LogP contribution in [0.4, 0.5) is 0 Å². The van der Waals surface area contributed by atoms with Crippen molar-refractivity contribution in [2.45, 2.75) is 18.4 Å². The van der Waals surface area contributed by atoms with Gasteiger partial charge < -0.3 is 10.0 Å². The molecule has 2 aliphatic heterocycles. The van der Waals surface area contributed by atoms with Crippen molar-refractivity contribution in [1.29, 1.82) is 0 Å². The molecule has 1 aromatic carbocycles. The van der Waals surface area contributed by atoms with Gasteiger partial charge >= 0.3 is 0 Å². The number of halogens is 1. The quantitative estimate of drug-likeness (QED) is 0.809. The average Bonchev–Trinajstić information content (AvgIpc) is 2.57. The summed E-state index contributed by atoms with van der Waals surface area (Å²) in [6.45, 7) is 3.02. The summed E-state index contributed by atoms with van der Waals surface area (Å²) in [6.07, 6.45) is 1.01. The van der Waals surface area contributed by atoms with Crippen LogP contribution < -0.4 is 0 Å². The van der Waals surface area contributed by atoms with E-state index in [0.29, 0.717) is 11.8 Å². The van der Waals surface area contributed by atoms with Crippen molar-refractivity contribution < 1.29 is 5.11 Å². The first-order valence-electron chi connectivity index (χ1n) is 5.90. The topological polar surface area (TPSA) is 23.5 Å². The third kappa shape index (κ3) is 1.75. The molecule has 2 aliphatic rings. The fourth-order valence-corrected chi connectivity index (χ4v) is 3.26. The maximum Gasteiger partial charge on any atom is 0.0713 e. The Morgan fingerprint density at radius 3 is 2.69 bits per heavy atom. The summed E-state index contributed by atoms with van der Waals surface area (Å²) in [6, 6.07) is 8.11. The second-order valence-electron chi connectivity index (χ2n) is 4.94. The molecule has 2 heterocycles. The van der Waals surface area contributed by atoms with Crippen LogP contribution >= 0.6 is 11.6 Å². The van der Waals surface area contributed by atoms with Gasteiger partial charge in [0, 0.05) is 24.0 Å². The van der Waals surface area contributed by atoms with Crippen LogP contribution in [0.25, 0.3) is 0 Å². The number of aliphatic hydroxyl groups excluding tert-OH is 1. The van der Waals surface area contributed by atoms with Crippen molar-refractivity contribution in [3.05, 3.63) is 34.9 Å². The largest absolute Gasteiger partial charge is 0.391 e. The van der Waals surface area contributed by atoms with Gasteiger partial charge in [0.2, 0.25) is 0 Å². The van der Waals surface area contributed by atoms with Gasteiger partial charge in [-0.25, -0.2) is 0 Å². The molecule has 1 N–H and O–H groups in total. The van der Waals surface area contributed by atoms with Gasteiger partial charge in [-0.1, -0.05) is 23.7 Å². The van der Waals surface area contributed by atoms with E-state index in [4.69, 9.17) is 11.6 Å². The van der Waals surface area contributed by atoms with Crippen molar-refractivity contribution >= 4 is 11.6 Å². The number of hydrogen-bond donors (Lipinski definition) is 1. The second-order valence-corrected chi connectivity index (χ2v) is 5.37. The molecule has 0 amide bonds. The summed E-state index contributed by atoms with van der Waals surface area (Å²) in [4.78, 5) is 2.36. The zero-order chi connectivity index (χ0) is 11.1. The molecule has 4 atom stereocenters. The Labute approximate surface area is 101 Å². The van der Waals surface area contributed by atoms with E-state index in [2.05, 4.69) is 17.0 Å².